The monoisotopic (exact) mass is 279 g/mol. The van der Waals surface area contributed by atoms with Gasteiger partial charge in [0.2, 0.25) is 5.91 Å². The van der Waals surface area contributed by atoms with Crippen molar-refractivity contribution in [1.82, 2.24) is 0 Å². The lowest BCUT2D eigenvalue weighted by Gasteiger charge is -2.18. The summed E-state index contributed by atoms with van der Waals surface area (Å²) in [6, 6.07) is 3.17. The number of hydrogen-bond acceptors (Lipinski definition) is 5. The Morgan fingerprint density at radius 2 is 2.25 bits per heavy atom. The van der Waals surface area contributed by atoms with Gasteiger partial charge < -0.3 is 15.4 Å². The van der Waals surface area contributed by atoms with Gasteiger partial charge in [-0.1, -0.05) is 0 Å². The Kier molecular flexibility index (Phi) is 4.52. The summed E-state index contributed by atoms with van der Waals surface area (Å²) in [5, 5.41) is 16.9. The minimum Gasteiger partial charge on any atom is -0.385 e. The molecule has 0 unspecified atom stereocenters. The van der Waals surface area contributed by atoms with Crippen LogP contribution in [0.15, 0.2) is 12.1 Å². The van der Waals surface area contributed by atoms with Crippen molar-refractivity contribution in [2.75, 3.05) is 30.9 Å². The number of ether oxygens (including phenoxy) is 1. The van der Waals surface area contributed by atoms with Gasteiger partial charge in [-0.25, -0.2) is 0 Å². The molecule has 0 aliphatic carbocycles. The van der Waals surface area contributed by atoms with Crippen molar-refractivity contribution < 1.29 is 14.5 Å². The number of nitro groups is 1. The molecule has 0 spiro atoms. The maximum absolute atomic E-state index is 11.4. The van der Waals surface area contributed by atoms with Gasteiger partial charge in [0.05, 0.1) is 4.92 Å². The second kappa shape index (κ2) is 6.33. The van der Waals surface area contributed by atoms with Crippen molar-refractivity contribution in [3.63, 3.8) is 0 Å². The van der Waals surface area contributed by atoms with Crippen LogP contribution in [-0.4, -0.2) is 31.1 Å². The van der Waals surface area contributed by atoms with Crippen molar-refractivity contribution in [3.05, 3.63) is 27.8 Å². The molecule has 1 aliphatic rings. The lowest BCUT2D eigenvalue weighted by Crippen LogP contribution is -2.19. The molecule has 0 atom stereocenters. The van der Waals surface area contributed by atoms with E-state index in [0.717, 1.165) is 12.0 Å². The van der Waals surface area contributed by atoms with E-state index in [4.69, 9.17) is 4.74 Å². The zero-order chi connectivity index (χ0) is 14.5. The standard InChI is InChI=1S/C13H17N3O4/c1-20-6-2-5-14-11-8-10-9(3-4-13(17)15-10)7-12(11)16(18)19/h7-8,14H,2-6H2,1H3,(H,15,17). The van der Waals surface area contributed by atoms with E-state index in [1.54, 1.807) is 13.2 Å². The molecule has 1 aromatic rings. The molecule has 2 rings (SSSR count). The molecule has 0 radical (unpaired) electrons. The zero-order valence-corrected chi connectivity index (χ0v) is 11.3. The summed E-state index contributed by atoms with van der Waals surface area (Å²) in [4.78, 5) is 22.1. The molecule has 108 valence electrons. The molecule has 0 aromatic heterocycles. The summed E-state index contributed by atoms with van der Waals surface area (Å²) < 4.78 is 4.93. The van der Waals surface area contributed by atoms with Gasteiger partial charge in [-0.3, -0.25) is 14.9 Å². The quantitative estimate of drug-likeness (QED) is 0.471. The predicted octanol–water partition coefficient (Wildman–Crippen LogP) is 1.93. The maximum Gasteiger partial charge on any atom is 0.292 e. The predicted molar refractivity (Wildman–Crippen MR) is 75.0 cm³/mol. The number of hydrogen-bond donors (Lipinski definition) is 2. The minimum atomic E-state index is -0.407. The summed E-state index contributed by atoms with van der Waals surface area (Å²) >= 11 is 0. The van der Waals surface area contributed by atoms with Crippen molar-refractivity contribution in [2.45, 2.75) is 19.3 Å². The van der Waals surface area contributed by atoms with Crippen LogP contribution in [0, 0.1) is 10.1 Å². The van der Waals surface area contributed by atoms with E-state index in [9.17, 15) is 14.9 Å². The van der Waals surface area contributed by atoms with Gasteiger partial charge in [-0.15, -0.1) is 0 Å². The Labute approximate surface area is 116 Å². The first kappa shape index (κ1) is 14.3. The highest BCUT2D eigenvalue weighted by molar-refractivity contribution is 5.95. The third-order valence-electron chi connectivity index (χ3n) is 3.15. The van der Waals surface area contributed by atoms with Gasteiger partial charge in [-0.05, 0) is 24.5 Å². The number of nitrogens with zero attached hydrogens (tertiary/aromatic N) is 1. The van der Waals surface area contributed by atoms with Gasteiger partial charge in [0.1, 0.15) is 5.69 Å². The number of amides is 1. The fraction of sp³-hybridized carbons (Fsp3) is 0.462. The summed E-state index contributed by atoms with van der Waals surface area (Å²) in [6.45, 7) is 1.16. The van der Waals surface area contributed by atoms with Crippen molar-refractivity contribution in [1.29, 1.82) is 0 Å². The van der Waals surface area contributed by atoms with E-state index in [1.165, 1.54) is 6.07 Å². The van der Waals surface area contributed by atoms with Crippen molar-refractivity contribution in [2.24, 2.45) is 0 Å². The maximum atomic E-state index is 11.4. The van der Waals surface area contributed by atoms with Crippen LogP contribution in [-0.2, 0) is 16.0 Å². The average Bonchev–Trinajstić information content (AvgIpc) is 2.42. The number of methoxy groups -OCH3 is 1. The fourth-order valence-electron chi connectivity index (χ4n) is 2.15. The molecule has 7 heteroatoms. The van der Waals surface area contributed by atoms with Gasteiger partial charge in [-0.2, -0.15) is 0 Å². The fourth-order valence-corrected chi connectivity index (χ4v) is 2.15. The molecule has 7 nitrogen and oxygen atoms in total. The first-order chi connectivity index (χ1) is 9.61. The van der Waals surface area contributed by atoms with Crippen LogP contribution in [0.1, 0.15) is 18.4 Å². The summed E-state index contributed by atoms with van der Waals surface area (Å²) in [5.74, 6) is -0.0586. The highest BCUT2D eigenvalue weighted by Gasteiger charge is 2.22. The minimum absolute atomic E-state index is 0.0392. The van der Waals surface area contributed by atoms with Gasteiger partial charge in [0, 0.05) is 38.4 Å². The number of benzene rings is 1. The highest BCUT2D eigenvalue weighted by atomic mass is 16.6. The van der Waals surface area contributed by atoms with Crippen LogP contribution in [0.2, 0.25) is 0 Å². The molecule has 0 fully saturated rings. The summed E-state index contributed by atoms with van der Waals surface area (Å²) in [6.07, 6.45) is 1.65. The van der Waals surface area contributed by atoms with Crippen molar-refractivity contribution in [3.8, 4) is 0 Å². The smallest absolute Gasteiger partial charge is 0.292 e. The summed E-state index contributed by atoms with van der Waals surface area (Å²) in [5.41, 5.74) is 1.92. The second-order valence-corrected chi connectivity index (χ2v) is 4.60. The number of carbonyl (C=O) groups is 1. The number of fused-ring (bicyclic) bond motifs is 1. The second-order valence-electron chi connectivity index (χ2n) is 4.60. The van der Waals surface area contributed by atoms with E-state index < -0.39 is 4.92 Å². The van der Waals surface area contributed by atoms with Crippen molar-refractivity contribution >= 4 is 23.0 Å². The molecule has 0 saturated heterocycles. The molecule has 1 aliphatic heterocycles. The number of carbonyl (C=O) groups excluding carboxylic acids is 1. The van der Waals surface area contributed by atoms with Gasteiger partial charge >= 0.3 is 0 Å². The van der Waals surface area contributed by atoms with Crippen LogP contribution >= 0.6 is 0 Å². The van der Waals surface area contributed by atoms with Crippen LogP contribution in [0.3, 0.4) is 0 Å². The Morgan fingerprint density at radius 1 is 1.45 bits per heavy atom. The molecule has 1 aromatic carbocycles. The first-order valence-corrected chi connectivity index (χ1v) is 6.46. The number of rotatable bonds is 6. The van der Waals surface area contributed by atoms with Gasteiger partial charge in [0.25, 0.3) is 5.69 Å². The first-order valence-electron chi connectivity index (χ1n) is 6.46. The lowest BCUT2D eigenvalue weighted by atomic mass is 10.0. The van der Waals surface area contributed by atoms with Gasteiger partial charge in [0.15, 0.2) is 0 Å². The van der Waals surface area contributed by atoms with E-state index in [1.807, 2.05) is 0 Å². The van der Waals surface area contributed by atoms with Crippen LogP contribution < -0.4 is 10.6 Å². The number of nitrogens with one attached hydrogen (secondary N) is 2. The Balaban J connectivity index is 2.21. The molecular weight excluding hydrogens is 262 g/mol. The highest BCUT2D eigenvalue weighted by Crippen LogP contribution is 2.34. The van der Waals surface area contributed by atoms with E-state index in [2.05, 4.69) is 10.6 Å². The van der Waals surface area contributed by atoms with E-state index >= 15 is 0 Å². The Hall–Kier alpha value is -2.15. The van der Waals surface area contributed by atoms with Crippen LogP contribution in [0.25, 0.3) is 0 Å². The molecule has 20 heavy (non-hydrogen) atoms. The SMILES string of the molecule is COCCCNc1cc2c(cc1[N+](=O)[O-])CCC(=O)N2. The van der Waals surface area contributed by atoms with E-state index in [-0.39, 0.29) is 11.6 Å². The number of anilines is 2. The molecule has 2 N–H and O–H groups in total. The van der Waals surface area contributed by atoms with Crippen LogP contribution in [0.5, 0.6) is 0 Å². The third kappa shape index (κ3) is 3.24. The molecule has 0 saturated carbocycles. The molecular formula is C13H17N3O4. The third-order valence-corrected chi connectivity index (χ3v) is 3.15. The average molecular weight is 279 g/mol. The topological polar surface area (TPSA) is 93.5 Å². The Morgan fingerprint density at radius 3 is 2.95 bits per heavy atom. The molecule has 1 heterocycles. The Bertz CT molecular complexity index is 531. The molecule has 1 amide bonds. The number of aryl methyl sites for hydroxylation is 1. The van der Waals surface area contributed by atoms with E-state index in [0.29, 0.717) is 37.4 Å². The zero-order valence-electron chi connectivity index (χ0n) is 11.3. The number of nitro benzene ring substituents is 1. The lowest BCUT2D eigenvalue weighted by molar-refractivity contribution is -0.384. The molecule has 0 bridgehead atoms. The normalized spacial score (nSPS) is 13.6. The van der Waals surface area contributed by atoms with Crippen LogP contribution in [0.4, 0.5) is 17.1 Å². The summed E-state index contributed by atoms with van der Waals surface area (Å²) in [7, 11) is 1.61. The largest absolute Gasteiger partial charge is 0.385 e.